The number of thiazole rings is 1. The molecular weight excluding hydrogens is 490 g/mol. The number of H-pyrrole nitrogens is 1. The van der Waals surface area contributed by atoms with Gasteiger partial charge in [0.25, 0.3) is 10.0 Å². The number of nitrogens with zero attached hydrogens (tertiary/aromatic N) is 3. The van der Waals surface area contributed by atoms with Crippen LogP contribution in [-0.4, -0.2) is 23.6 Å². The van der Waals surface area contributed by atoms with E-state index in [1.165, 1.54) is 24.4 Å². The molecule has 0 fully saturated rings. The maximum atomic E-state index is 12.6. The number of sulfonamides is 1. The third-order valence-corrected chi connectivity index (χ3v) is 6.64. The summed E-state index contributed by atoms with van der Waals surface area (Å²) in [5, 5.41) is 18.3. The lowest BCUT2D eigenvalue weighted by molar-refractivity contribution is 0.482. The maximum absolute atomic E-state index is 12.6. The predicted octanol–water partition coefficient (Wildman–Crippen LogP) is 4.76. The summed E-state index contributed by atoms with van der Waals surface area (Å²) in [4.78, 5) is 3.85. The van der Waals surface area contributed by atoms with Crippen molar-refractivity contribution >= 4 is 42.4 Å². The van der Waals surface area contributed by atoms with Gasteiger partial charge in [-0.15, -0.1) is 11.3 Å². The van der Waals surface area contributed by atoms with E-state index in [4.69, 9.17) is 4.74 Å². The van der Waals surface area contributed by atoms with Crippen molar-refractivity contribution in [3.05, 3.63) is 70.3 Å². The molecule has 0 unspecified atom stereocenters. The van der Waals surface area contributed by atoms with Gasteiger partial charge >= 0.3 is 0 Å². The van der Waals surface area contributed by atoms with Crippen molar-refractivity contribution in [1.82, 2.24) is 15.2 Å². The van der Waals surface area contributed by atoms with Crippen LogP contribution in [0.2, 0.25) is 0 Å². The Morgan fingerprint density at radius 2 is 1.97 bits per heavy atom. The van der Waals surface area contributed by atoms with Gasteiger partial charge < -0.3 is 4.74 Å². The highest BCUT2D eigenvalue weighted by Gasteiger charge is 2.19. The lowest BCUT2D eigenvalue weighted by Gasteiger charge is -2.13. The molecule has 4 rings (SSSR count). The molecule has 0 aliphatic carbocycles. The Kier molecular flexibility index (Phi) is 5.54. The van der Waals surface area contributed by atoms with E-state index in [0.29, 0.717) is 5.75 Å². The molecule has 0 saturated carbocycles. The highest BCUT2D eigenvalue weighted by molar-refractivity contribution is 9.10. The second kappa shape index (κ2) is 8.27. The van der Waals surface area contributed by atoms with Crippen molar-refractivity contribution in [2.75, 3.05) is 4.72 Å². The minimum absolute atomic E-state index is 0.0637. The van der Waals surface area contributed by atoms with Crippen LogP contribution in [0.15, 0.2) is 69.6 Å². The largest absolute Gasteiger partial charge is 0.455 e. The topological polar surface area (TPSA) is 121 Å². The zero-order valence-corrected chi connectivity index (χ0v) is 18.3. The molecule has 2 N–H and O–H groups in total. The summed E-state index contributed by atoms with van der Waals surface area (Å²) in [5.74, 6) is 0.712. The highest BCUT2D eigenvalue weighted by atomic mass is 79.9. The SMILES string of the molecule is N#Cc1cc(S(=O)(=O)Nc2nccs2)ccc1Oc1ccc(Br)cc1-c1ccn[nH]1. The molecule has 11 heteroatoms. The molecular formula is C19H12BrN5O3S2. The second-order valence-corrected chi connectivity index (χ2v) is 9.42. The average Bonchev–Trinajstić information content (AvgIpc) is 3.43. The van der Waals surface area contributed by atoms with Crippen molar-refractivity contribution in [1.29, 1.82) is 5.26 Å². The Morgan fingerprint density at radius 3 is 2.67 bits per heavy atom. The summed E-state index contributed by atoms with van der Waals surface area (Å²) in [6.45, 7) is 0. The van der Waals surface area contributed by atoms with Crippen molar-refractivity contribution in [3.63, 3.8) is 0 Å². The molecule has 0 aliphatic rings. The van der Waals surface area contributed by atoms with Gasteiger partial charge in [-0.2, -0.15) is 10.4 Å². The van der Waals surface area contributed by atoms with E-state index in [0.717, 1.165) is 27.1 Å². The quantitative estimate of drug-likeness (QED) is 0.392. The molecule has 0 atom stereocenters. The van der Waals surface area contributed by atoms with Crippen LogP contribution in [0.1, 0.15) is 5.56 Å². The van der Waals surface area contributed by atoms with Crippen molar-refractivity contribution in [3.8, 4) is 28.8 Å². The number of rotatable bonds is 6. The molecule has 0 bridgehead atoms. The van der Waals surface area contributed by atoms with E-state index in [9.17, 15) is 13.7 Å². The van der Waals surface area contributed by atoms with E-state index in [1.54, 1.807) is 29.8 Å². The van der Waals surface area contributed by atoms with Gasteiger partial charge in [0.05, 0.1) is 16.2 Å². The number of hydrogen-bond donors (Lipinski definition) is 2. The van der Waals surface area contributed by atoms with Gasteiger partial charge in [-0.3, -0.25) is 9.82 Å². The molecule has 0 radical (unpaired) electrons. The first-order valence-electron chi connectivity index (χ1n) is 8.40. The summed E-state index contributed by atoms with van der Waals surface area (Å²) in [6.07, 6.45) is 3.12. The lowest BCUT2D eigenvalue weighted by atomic mass is 10.1. The summed E-state index contributed by atoms with van der Waals surface area (Å²) in [5.41, 5.74) is 1.54. The van der Waals surface area contributed by atoms with E-state index in [-0.39, 0.29) is 21.3 Å². The van der Waals surface area contributed by atoms with Crippen LogP contribution in [-0.2, 0) is 10.0 Å². The maximum Gasteiger partial charge on any atom is 0.263 e. The molecule has 150 valence electrons. The zero-order valence-electron chi connectivity index (χ0n) is 15.0. The van der Waals surface area contributed by atoms with E-state index in [2.05, 4.69) is 35.8 Å². The molecule has 2 aromatic carbocycles. The molecule has 8 nitrogen and oxygen atoms in total. The third kappa shape index (κ3) is 4.20. The Hall–Kier alpha value is -3.20. The molecule has 0 amide bonds. The Morgan fingerprint density at radius 1 is 1.13 bits per heavy atom. The van der Waals surface area contributed by atoms with Crippen LogP contribution in [0.3, 0.4) is 0 Å². The van der Waals surface area contributed by atoms with E-state index >= 15 is 0 Å². The number of halogens is 1. The van der Waals surface area contributed by atoms with E-state index < -0.39 is 10.0 Å². The van der Waals surface area contributed by atoms with Crippen molar-refractivity contribution in [2.45, 2.75) is 4.90 Å². The number of nitriles is 1. The zero-order chi connectivity index (χ0) is 21.1. The second-order valence-electron chi connectivity index (χ2n) is 5.93. The molecule has 30 heavy (non-hydrogen) atoms. The van der Waals surface area contributed by atoms with E-state index in [1.807, 2.05) is 12.1 Å². The Balaban J connectivity index is 1.68. The van der Waals surface area contributed by atoms with Gasteiger partial charge in [0.15, 0.2) is 5.13 Å². The average molecular weight is 502 g/mol. The van der Waals surface area contributed by atoms with Gasteiger partial charge in [0.1, 0.15) is 17.6 Å². The lowest BCUT2D eigenvalue weighted by Crippen LogP contribution is -2.13. The minimum Gasteiger partial charge on any atom is -0.455 e. The van der Waals surface area contributed by atoms with Crippen LogP contribution in [0.25, 0.3) is 11.3 Å². The highest BCUT2D eigenvalue weighted by Crippen LogP contribution is 2.36. The number of aromatic amines is 1. The van der Waals surface area contributed by atoms with Crippen LogP contribution in [0, 0.1) is 11.3 Å². The first-order chi connectivity index (χ1) is 14.5. The molecule has 2 heterocycles. The molecule has 4 aromatic rings. The predicted molar refractivity (Wildman–Crippen MR) is 116 cm³/mol. The number of aromatic nitrogens is 3. The fraction of sp³-hybridized carbons (Fsp3) is 0. The summed E-state index contributed by atoms with van der Waals surface area (Å²) in [6, 6.07) is 13.3. The van der Waals surface area contributed by atoms with Crippen LogP contribution in [0.5, 0.6) is 11.5 Å². The van der Waals surface area contributed by atoms with Crippen LogP contribution in [0.4, 0.5) is 5.13 Å². The van der Waals surface area contributed by atoms with Gasteiger partial charge in [-0.05, 0) is 42.5 Å². The minimum atomic E-state index is -3.88. The Labute approximate surface area is 184 Å². The summed E-state index contributed by atoms with van der Waals surface area (Å²) in [7, 11) is -3.88. The van der Waals surface area contributed by atoms with Gasteiger partial charge in [-0.1, -0.05) is 15.9 Å². The normalized spacial score (nSPS) is 11.1. The number of anilines is 1. The van der Waals surface area contributed by atoms with Crippen molar-refractivity contribution in [2.24, 2.45) is 0 Å². The molecule has 0 saturated heterocycles. The summed E-state index contributed by atoms with van der Waals surface area (Å²) < 4.78 is 34.3. The first kappa shape index (κ1) is 20.1. The number of hydrogen-bond acceptors (Lipinski definition) is 7. The number of benzene rings is 2. The van der Waals surface area contributed by atoms with Crippen molar-refractivity contribution < 1.29 is 13.2 Å². The van der Waals surface area contributed by atoms with Gasteiger partial charge in [-0.25, -0.2) is 13.4 Å². The van der Waals surface area contributed by atoms with Gasteiger partial charge in [0.2, 0.25) is 0 Å². The van der Waals surface area contributed by atoms with Crippen LogP contribution >= 0.6 is 27.3 Å². The van der Waals surface area contributed by atoms with Crippen LogP contribution < -0.4 is 9.46 Å². The number of nitrogens with one attached hydrogen (secondary N) is 2. The Bertz CT molecular complexity index is 1330. The number of ether oxygens (including phenoxy) is 1. The fourth-order valence-electron chi connectivity index (χ4n) is 2.63. The molecule has 0 spiro atoms. The monoisotopic (exact) mass is 501 g/mol. The van der Waals surface area contributed by atoms with Gasteiger partial charge in [0, 0.05) is 27.8 Å². The third-order valence-electron chi connectivity index (χ3n) is 3.99. The summed E-state index contributed by atoms with van der Waals surface area (Å²) >= 11 is 4.59. The fourth-order valence-corrected chi connectivity index (χ4v) is 4.80. The molecule has 0 aliphatic heterocycles. The molecule has 2 aromatic heterocycles. The smallest absolute Gasteiger partial charge is 0.263 e. The first-order valence-corrected chi connectivity index (χ1v) is 11.6. The standard InChI is InChI=1S/C19H12BrN5O3S2/c20-13-1-3-18(15(10-13)16-5-6-23-24-16)28-17-4-2-14(9-12(17)11-21)30(26,27)25-19-22-7-8-29-19/h1-10H,(H,22,25)(H,23,24).